The van der Waals surface area contributed by atoms with E-state index < -0.39 is 5.91 Å². The molecule has 0 unspecified atom stereocenters. The summed E-state index contributed by atoms with van der Waals surface area (Å²) in [4.78, 5) is 10.3. The van der Waals surface area contributed by atoms with E-state index >= 15 is 0 Å². The van der Waals surface area contributed by atoms with Gasteiger partial charge in [-0.15, -0.1) is 0 Å². The molecule has 0 bridgehead atoms. The van der Waals surface area contributed by atoms with Crippen LogP contribution >= 0.6 is 0 Å². The highest BCUT2D eigenvalue weighted by molar-refractivity contribution is 5.92. The van der Waals surface area contributed by atoms with Crippen LogP contribution in [0.1, 0.15) is 20.3 Å². The van der Waals surface area contributed by atoms with E-state index in [0.717, 1.165) is 12.0 Å². The van der Waals surface area contributed by atoms with Crippen LogP contribution in [0.5, 0.6) is 0 Å². The van der Waals surface area contributed by atoms with E-state index in [9.17, 15) is 4.79 Å². The maximum Gasteiger partial charge on any atom is 0.293 e. The first-order valence-electron chi connectivity index (χ1n) is 3.85. The molecular formula is C10H13NO. The van der Waals surface area contributed by atoms with Crippen LogP contribution in [-0.4, -0.2) is 5.91 Å². The van der Waals surface area contributed by atoms with Crippen LogP contribution in [0.4, 0.5) is 0 Å². The molecule has 0 heterocycles. The molecular weight excluding hydrogens is 150 g/mol. The van der Waals surface area contributed by atoms with Gasteiger partial charge in [0, 0.05) is 5.57 Å². The summed E-state index contributed by atoms with van der Waals surface area (Å²) >= 11 is 0. The maximum atomic E-state index is 10.3. The molecule has 0 aromatic heterocycles. The van der Waals surface area contributed by atoms with Crippen molar-refractivity contribution in [3.63, 3.8) is 0 Å². The van der Waals surface area contributed by atoms with Crippen LogP contribution in [0.25, 0.3) is 0 Å². The lowest BCUT2D eigenvalue weighted by Crippen LogP contribution is -2.06. The van der Waals surface area contributed by atoms with Gasteiger partial charge in [-0.25, -0.2) is 0 Å². The fraction of sp³-hybridized carbons (Fsp3) is 0.300. The number of hydrogen-bond acceptors (Lipinski definition) is 1. The number of nitrogens with two attached hydrogens (primary N) is 1. The molecule has 0 saturated heterocycles. The molecule has 0 spiro atoms. The first-order chi connectivity index (χ1) is 5.70. The van der Waals surface area contributed by atoms with Crippen molar-refractivity contribution in [1.82, 2.24) is 0 Å². The fourth-order valence-corrected chi connectivity index (χ4v) is 0.694. The number of primary amides is 1. The first-order valence-corrected chi connectivity index (χ1v) is 3.85. The van der Waals surface area contributed by atoms with E-state index in [1.165, 1.54) is 0 Å². The van der Waals surface area contributed by atoms with Crippen LogP contribution in [0.15, 0.2) is 23.8 Å². The van der Waals surface area contributed by atoms with Gasteiger partial charge in [0.05, 0.1) is 0 Å². The minimum absolute atomic E-state index is 0.596. The molecule has 2 heteroatoms. The lowest BCUT2D eigenvalue weighted by molar-refractivity contribution is -0.112. The van der Waals surface area contributed by atoms with Crippen molar-refractivity contribution in [3.05, 3.63) is 23.8 Å². The lowest BCUT2D eigenvalue weighted by atomic mass is 10.2. The lowest BCUT2D eigenvalue weighted by Gasteiger charge is -1.86. The molecule has 0 fully saturated rings. The molecule has 0 aromatic carbocycles. The van der Waals surface area contributed by atoms with E-state index in [0.29, 0.717) is 0 Å². The molecule has 0 rings (SSSR count). The van der Waals surface area contributed by atoms with Crippen LogP contribution < -0.4 is 5.73 Å². The number of allylic oxidation sites excluding steroid dienone is 4. The minimum atomic E-state index is -0.596. The molecule has 1 amide bonds. The maximum absolute atomic E-state index is 10.3. The Morgan fingerprint density at radius 1 is 1.50 bits per heavy atom. The van der Waals surface area contributed by atoms with Crippen LogP contribution in [0.2, 0.25) is 0 Å². The van der Waals surface area contributed by atoms with E-state index in [1.807, 2.05) is 32.1 Å². The standard InChI is InChI=1S/C10H13NO/c1-3-5-9(6-4-2)7-8-10(11)12/h3,5-6H,4H2,1-2H3,(H2,11,12)/b5-3-,9-6+. The molecule has 0 aromatic rings. The third-order valence-corrected chi connectivity index (χ3v) is 1.10. The van der Waals surface area contributed by atoms with Crippen molar-refractivity contribution in [2.75, 3.05) is 0 Å². The zero-order chi connectivity index (χ0) is 9.40. The van der Waals surface area contributed by atoms with Crippen molar-refractivity contribution in [3.8, 4) is 11.8 Å². The average Bonchev–Trinajstić information content (AvgIpc) is 2.01. The molecule has 12 heavy (non-hydrogen) atoms. The van der Waals surface area contributed by atoms with Gasteiger partial charge in [0.15, 0.2) is 0 Å². The number of hydrogen-bond donors (Lipinski definition) is 1. The van der Waals surface area contributed by atoms with Crippen molar-refractivity contribution in [2.45, 2.75) is 20.3 Å². The van der Waals surface area contributed by atoms with E-state index in [-0.39, 0.29) is 0 Å². The topological polar surface area (TPSA) is 43.1 Å². The van der Waals surface area contributed by atoms with Gasteiger partial charge < -0.3 is 5.73 Å². The Balaban J connectivity index is 4.47. The predicted molar refractivity (Wildman–Crippen MR) is 50.2 cm³/mol. The van der Waals surface area contributed by atoms with Gasteiger partial charge in [-0.05, 0) is 19.3 Å². The molecule has 2 N–H and O–H groups in total. The minimum Gasteiger partial charge on any atom is -0.359 e. The molecule has 0 saturated carbocycles. The smallest absolute Gasteiger partial charge is 0.293 e. The van der Waals surface area contributed by atoms with Crippen LogP contribution in [-0.2, 0) is 4.79 Å². The zero-order valence-electron chi connectivity index (χ0n) is 7.42. The Hall–Kier alpha value is -1.49. The van der Waals surface area contributed by atoms with Gasteiger partial charge in [-0.2, -0.15) is 0 Å². The van der Waals surface area contributed by atoms with Crippen molar-refractivity contribution in [1.29, 1.82) is 0 Å². The third-order valence-electron chi connectivity index (χ3n) is 1.10. The highest BCUT2D eigenvalue weighted by Crippen LogP contribution is 1.96. The Morgan fingerprint density at radius 3 is 2.58 bits per heavy atom. The van der Waals surface area contributed by atoms with Crippen molar-refractivity contribution < 1.29 is 4.79 Å². The monoisotopic (exact) mass is 163 g/mol. The summed E-state index contributed by atoms with van der Waals surface area (Å²) in [5.41, 5.74) is 5.70. The molecule has 64 valence electrons. The number of rotatable bonds is 2. The molecule has 0 atom stereocenters. The summed E-state index contributed by atoms with van der Waals surface area (Å²) < 4.78 is 0. The number of carbonyl (C=O) groups excluding carboxylic acids is 1. The van der Waals surface area contributed by atoms with Crippen LogP contribution in [0, 0.1) is 11.8 Å². The quantitative estimate of drug-likeness (QED) is 0.485. The Kier molecular flexibility index (Phi) is 5.46. The van der Waals surface area contributed by atoms with Crippen LogP contribution in [0.3, 0.4) is 0 Å². The molecule has 0 aliphatic rings. The number of carbonyl (C=O) groups is 1. The Labute approximate surface area is 73.1 Å². The molecule has 0 aliphatic heterocycles. The van der Waals surface area contributed by atoms with Gasteiger partial charge in [-0.3, -0.25) is 4.79 Å². The van der Waals surface area contributed by atoms with Gasteiger partial charge in [0.1, 0.15) is 0 Å². The molecule has 2 nitrogen and oxygen atoms in total. The Bertz CT molecular complexity index is 263. The van der Waals surface area contributed by atoms with Crippen molar-refractivity contribution in [2.24, 2.45) is 5.73 Å². The third kappa shape index (κ3) is 5.31. The van der Waals surface area contributed by atoms with E-state index in [1.54, 1.807) is 0 Å². The normalized spacial score (nSPS) is 11.0. The van der Waals surface area contributed by atoms with Gasteiger partial charge in [-0.1, -0.05) is 31.1 Å². The van der Waals surface area contributed by atoms with Crippen molar-refractivity contribution >= 4 is 5.91 Å². The largest absolute Gasteiger partial charge is 0.359 e. The summed E-state index contributed by atoms with van der Waals surface area (Å²) in [6.45, 7) is 3.91. The predicted octanol–water partition coefficient (Wildman–Crippen LogP) is 1.39. The van der Waals surface area contributed by atoms with E-state index in [4.69, 9.17) is 5.73 Å². The molecule has 0 radical (unpaired) electrons. The summed E-state index contributed by atoms with van der Waals surface area (Å²) in [7, 11) is 0. The van der Waals surface area contributed by atoms with E-state index in [2.05, 4.69) is 11.8 Å². The summed E-state index contributed by atoms with van der Waals surface area (Å²) in [5.74, 6) is 4.36. The Morgan fingerprint density at radius 2 is 2.17 bits per heavy atom. The van der Waals surface area contributed by atoms with Gasteiger partial charge in [0.25, 0.3) is 5.91 Å². The summed E-state index contributed by atoms with van der Waals surface area (Å²) in [5, 5.41) is 0. The SMILES string of the molecule is C/C=C\C(C#CC(N)=O)=C/CC. The first kappa shape index (κ1) is 10.5. The highest BCUT2D eigenvalue weighted by Gasteiger charge is 1.84. The zero-order valence-corrected chi connectivity index (χ0v) is 7.42. The fourth-order valence-electron chi connectivity index (χ4n) is 0.694. The number of amides is 1. The van der Waals surface area contributed by atoms with Gasteiger partial charge in [0.2, 0.25) is 0 Å². The highest BCUT2D eigenvalue weighted by atomic mass is 16.1. The molecule has 0 aliphatic carbocycles. The van der Waals surface area contributed by atoms with Gasteiger partial charge >= 0.3 is 0 Å². The average molecular weight is 163 g/mol. The summed E-state index contributed by atoms with van der Waals surface area (Å²) in [6.07, 6.45) is 6.56. The second-order valence-corrected chi connectivity index (χ2v) is 2.18. The second kappa shape index (κ2) is 6.23. The second-order valence-electron chi connectivity index (χ2n) is 2.18. The summed E-state index contributed by atoms with van der Waals surface area (Å²) in [6, 6.07) is 0.